The molecule has 2 N–H and O–H groups in total. The monoisotopic (exact) mass is 267 g/mol. The van der Waals surface area contributed by atoms with Gasteiger partial charge in [0.05, 0.1) is 13.2 Å². The Balaban J connectivity index is 2.89. The van der Waals surface area contributed by atoms with E-state index in [1.807, 2.05) is 6.92 Å². The van der Waals surface area contributed by atoms with Crippen LogP contribution < -0.4 is 10.1 Å². The molecule has 5 nitrogen and oxygen atoms in total. The first kappa shape index (κ1) is 15.5. The largest absolute Gasteiger partial charge is 0.494 e. The van der Waals surface area contributed by atoms with Crippen molar-refractivity contribution in [1.82, 2.24) is 0 Å². The van der Waals surface area contributed by atoms with Crippen molar-refractivity contribution >= 4 is 11.6 Å². The minimum atomic E-state index is -0.905. The Morgan fingerprint density at radius 1 is 1.42 bits per heavy atom. The Morgan fingerprint density at radius 3 is 2.63 bits per heavy atom. The van der Waals surface area contributed by atoms with Gasteiger partial charge < -0.3 is 19.9 Å². The summed E-state index contributed by atoms with van der Waals surface area (Å²) in [7, 11) is 1.48. The molecule has 0 aliphatic heterocycles. The Hall–Kier alpha value is -1.59. The fourth-order valence-corrected chi connectivity index (χ4v) is 1.45. The molecule has 19 heavy (non-hydrogen) atoms. The molecule has 1 rings (SSSR count). The molecule has 1 aromatic carbocycles. The maximum absolute atomic E-state index is 11.9. The molecule has 106 valence electrons. The van der Waals surface area contributed by atoms with Crippen molar-refractivity contribution in [3.05, 3.63) is 23.8 Å². The molecule has 0 atom stereocenters. The standard InChI is InChI=1S/C14H21NO4/c1-5-19-12-7-6-11(8-10(12)9-16)15-13(17)14(2,3)18-4/h6-8,16H,5,9H2,1-4H3,(H,15,17). The molecule has 0 aliphatic carbocycles. The van der Waals surface area contributed by atoms with Crippen molar-refractivity contribution in [1.29, 1.82) is 0 Å². The number of anilines is 1. The van der Waals surface area contributed by atoms with E-state index < -0.39 is 5.60 Å². The van der Waals surface area contributed by atoms with Crippen LogP contribution in [-0.2, 0) is 16.1 Å². The molecule has 0 spiro atoms. The maximum atomic E-state index is 11.9. The molecular formula is C14H21NO4. The van der Waals surface area contributed by atoms with Crippen LogP contribution in [0.15, 0.2) is 18.2 Å². The van der Waals surface area contributed by atoms with Crippen LogP contribution >= 0.6 is 0 Å². The SMILES string of the molecule is CCOc1ccc(NC(=O)C(C)(C)OC)cc1CO. The molecule has 1 aromatic rings. The minimum Gasteiger partial charge on any atom is -0.494 e. The number of aliphatic hydroxyl groups is 1. The second-order valence-electron chi connectivity index (χ2n) is 4.58. The van der Waals surface area contributed by atoms with E-state index in [9.17, 15) is 9.90 Å². The molecule has 0 saturated carbocycles. The van der Waals surface area contributed by atoms with Crippen LogP contribution in [0.4, 0.5) is 5.69 Å². The Morgan fingerprint density at radius 2 is 2.11 bits per heavy atom. The average Bonchev–Trinajstić information content (AvgIpc) is 2.40. The number of ether oxygens (including phenoxy) is 2. The summed E-state index contributed by atoms with van der Waals surface area (Å²) in [6.07, 6.45) is 0. The van der Waals surface area contributed by atoms with Gasteiger partial charge in [0.25, 0.3) is 5.91 Å². The van der Waals surface area contributed by atoms with E-state index in [1.165, 1.54) is 7.11 Å². The van der Waals surface area contributed by atoms with Crippen molar-refractivity contribution in [2.75, 3.05) is 19.0 Å². The zero-order chi connectivity index (χ0) is 14.5. The fraction of sp³-hybridized carbons (Fsp3) is 0.500. The van der Waals surface area contributed by atoms with E-state index in [0.717, 1.165) is 0 Å². The van der Waals surface area contributed by atoms with Gasteiger partial charge in [0.2, 0.25) is 0 Å². The van der Waals surface area contributed by atoms with Crippen LogP contribution in [0.5, 0.6) is 5.75 Å². The van der Waals surface area contributed by atoms with Gasteiger partial charge >= 0.3 is 0 Å². The third kappa shape index (κ3) is 3.94. The Labute approximate surface area is 113 Å². The number of hydrogen-bond acceptors (Lipinski definition) is 4. The molecule has 0 heterocycles. The minimum absolute atomic E-state index is 0.146. The molecule has 0 aromatic heterocycles. The first-order valence-electron chi connectivity index (χ1n) is 6.17. The summed E-state index contributed by atoms with van der Waals surface area (Å²) in [4.78, 5) is 11.9. The van der Waals surface area contributed by atoms with Gasteiger partial charge in [-0.25, -0.2) is 0 Å². The maximum Gasteiger partial charge on any atom is 0.256 e. The number of hydrogen-bond donors (Lipinski definition) is 2. The van der Waals surface area contributed by atoms with Gasteiger partial charge in [-0.1, -0.05) is 0 Å². The summed E-state index contributed by atoms with van der Waals surface area (Å²) in [6.45, 7) is 5.62. The highest BCUT2D eigenvalue weighted by Gasteiger charge is 2.27. The summed E-state index contributed by atoms with van der Waals surface area (Å²) < 4.78 is 10.5. The van der Waals surface area contributed by atoms with Gasteiger partial charge in [-0.15, -0.1) is 0 Å². The van der Waals surface area contributed by atoms with Gasteiger partial charge in [-0.05, 0) is 39.0 Å². The van der Waals surface area contributed by atoms with Crippen molar-refractivity contribution < 1.29 is 19.4 Å². The molecule has 0 saturated heterocycles. The number of aliphatic hydroxyl groups excluding tert-OH is 1. The quantitative estimate of drug-likeness (QED) is 0.826. The first-order valence-corrected chi connectivity index (χ1v) is 6.17. The number of amides is 1. The van der Waals surface area contributed by atoms with Crippen LogP contribution in [-0.4, -0.2) is 30.3 Å². The number of nitrogens with one attached hydrogen (secondary N) is 1. The van der Waals surface area contributed by atoms with Crippen LogP contribution in [0, 0.1) is 0 Å². The summed E-state index contributed by atoms with van der Waals surface area (Å²) >= 11 is 0. The van der Waals surface area contributed by atoms with E-state index in [-0.39, 0.29) is 12.5 Å². The van der Waals surface area contributed by atoms with Crippen LogP contribution in [0.1, 0.15) is 26.3 Å². The second kappa shape index (κ2) is 6.54. The van der Waals surface area contributed by atoms with Crippen LogP contribution in [0.25, 0.3) is 0 Å². The van der Waals surface area contributed by atoms with Gasteiger partial charge in [-0.2, -0.15) is 0 Å². The van der Waals surface area contributed by atoms with Gasteiger partial charge in [0.1, 0.15) is 11.4 Å². The molecule has 0 radical (unpaired) electrons. The smallest absolute Gasteiger partial charge is 0.256 e. The van der Waals surface area contributed by atoms with Gasteiger partial charge in [-0.3, -0.25) is 4.79 Å². The van der Waals surface area contributed by atoms with E-state index in [0.29, 0.717) is 23.6 Å². The van der Waals surface area contributed by atoms with E-state index in [4.69, 9.17) is 9.47 Å². The summed E-state index contributed by atoms with van der Waals surface area (Å²) in [5, 5.41) is 12.0. The molecular weight excluding hydrogens is 246 g/mol. The third-order valence-electron chi connectivity index (χ3n) is 2.85. The highest BCUT2D eigenvalue weighted by Crippen LogP contribution is 2.24. The lowest BCUT2D eigenvalue weighted by molar-refractivity contribution is -0.133. The zero-order valence-corrected chi connectivity index (χ0v) is 11.8. The number of benzene rings is 1. The van der Waals surface area contributed by atoms with Crippen LogP contribution in [0.2, 0.25) is 0 Å². The number of methoxy groups -OCH3 is 1. The van der Waals surface area contributed by atoms with Gasteiger partial charge in [0.15, 0.2) is 0 Å². The van der Waals surface area contributed by atoms with Crippen molar-refractivity contribution in [2.24, 2.45) is 0 Å². The molecule has 1 amide bonds. The summed E-state index contributed by atoms with van der Waals surface area (Å²) in [5.41, 5.74) is 0.329. The summed E-state index contributed by atoms with van der Waals surface area (Å²) in [5.74, 6) is 0.372. The van der Waals surface area contributed by atoms with Crippen molar-refractivity contribution in [3.63, 3.8) is 0 Å². The lowest BCUT2D eigenvalue weighted by Crippen LogP contribution is -2.38. The highest BCUT2D eigenvalue weighted by atomic mass is 16.5. The molecule has 0 fully saturated rings. The molecule has 0 aliphatic rings. The lowest BCUT2D eigenvalue weighted by Gasteiger charge is -2.22. The topological polar surface area (TPSA) is 67.8 Å². The van der Waals surface area contributed by atoms with E-state index in [1.54, 1.807) is 32.0 Å². The van der Waals surface area contributed by atoms with Gasteiger partial charge in [0, 0.05) is 18.4 Å². The first-order chi connectivity index (χ1) is 8.94. The predicted octanol–water partition coefficient (Wildman–Crippen LogP) is 1.94. The molecule has 0 bridgehead atoms. The van der Waals surface area contributed by atoms with E-state index in [2.05, 4.69) is 5.32 Å². The zero-order valence-electron chi connectivity index (χ0n) is 11.8. The van der Waals surface area contributed by atoms with Crippen molar-refractivity contribution in [2.45, 2.75) is 33.0 Å². The van der Waals surface area contributed by atoms with E-state index >= 15 is 0 Å². The Bertz CT molecular complexity index is 443. The predicted molar refractivity (Wildman–Crippen MR) is 73.3 cm³/mol. The number of rotatable bonds is 6. The fourth-order valence-electron chi connectivity index (χ4n) is 1.45. The van der Waals surface area contributed by atoms with Crippen molar-refractivity contribution in [3.8, 4) is 5.75 Å². The third-order valence-corrected chi connectivity index (χ3v) is 2.85. The Kier molecular flexibility index (Phi) is 5.32. The second-order valence-corrected chi connectivity index (χ2v) is 4.58. The molecule has 5 heteroatoms. The normalized spacial score (nSPS) is 11.2. The molecule has 0 unspecified atom stereocenters. The highest BCUT2D eigenvalue weighted by molar-refractivity contribution is 5.96. The summed E-state index contributed by atoms with van der Waals surface area (Å²) in [6, 6.07) is 5.15. The van der Waals surface area contributed by atoms with Crippen LogP contribution in [0.3, 0.4) is 0 Å². The average molecular weight is 267 g/mol. The number of carbonyl (C=O) groups is 1. The number of carbonyl (C=O) groups excluding carboxylic acids is 1. The lowest BCUT2D eigenvalue weighted by atomic mass is 10.1.